The molecule has 1 aromatic rings. The summed E-state index contributed by atoms with van der Waals surface area (Å²) in [5.74, 6) is 0.121. The second kappa shape index (κ2) is 5.49. The van der Waals surface area contributed by atoms with Crippen LogP contribution in [0.2, 0.25) is 0 Å². The number of benzene rings is 1. The van der Waals surface area contributed by atoms with E-state index in [9.17, 15) is 13.5 Å². The predicted octanol–water partition coefficient (Wildman–Crippen LogP) is 0.945. The first kappa shape index (κ1) is 13.2. The zero-order valence-electron chi connectivity index (χ0n) is 8.30. The summed E-state index contributed by atoms with van der Waals surface area (Å²) in [7, 11) is -4.15. The van der Waals surface area contributed by atoms with Gasteiger partial charge in [-0.25, -0.2) is 0 Å². The monoisotopic (exact) mass is 265 g/mol. The second-order valence-corrected chi connectivity index (χ2v) is 4.92. The first-order chi connectivity index (χ1) is 7.43. The minimum Gasteiger partial charge on any atom is -0.390 e. The van der Waals surface area contributed by atoms with E-state index in [0.29, 0.717) is 5.69 Å². The Morgan fingerprint density at radius 3 is 2.31 bits per heavy atom. The molecule has 0 aromatic heterocycles. The minimum atomic E-state index is -4.15. The van der Waals surface area contributed by atoms with E-state index in [1.165, 1.54) is 24.3 Å². The van der Waals surface area contributed by atoms with Crippen LogP contribution < -0.4 is 5.32 Å². The highest BCUT2D eigenvalue weighted by Gasteiger charge is 2.08. The molecule has 16 heavy (non-hydrogen) atoms. The zero-order valence-corrected chi connectivity index (χ0v) is 9.87. The highest BCUT2D eigenvalue weighted by Crippen LogP contribution is 2.13. The van der Waals surface area contributed by atoms with Gasteiger partial charge in [0.25, 0.3) is 10.1 Å². The van der Waals surface area contributed by atoms with Crippen molar-refractivity contribution >= 4 is 27.4 Å². The van der Waals surface area contributed by atoms with Crippen LogP contribution in [0.3, 0.4) is 0 Å². The molecule has 0 saturated carbocycles. The van der Waals surface area contributed by atoms with Gasteiger partial charge in [0, 0.05) is 12.2 Å². The summed E-state index contributed by atoms with van der Waals surface area (Å²) in [6.07, 6.45) is -0.664. The third kappa shape index (κ3) is 3.97. The quantitative estimate of drug-likeness (QED) is 0.545. The van der Waals surface area contributed by atoms with Gasteiger partial charge < -0.3 is 10.4 Å². The minimum absolute atomic E-state index is 0.121. The molecule has 0 fully saturated rings. The van der Waals surface area contributed by atoms with Gasteiger partial charge in [-0.05, 0) is 24.3 Å². The number of hydrogen-bond donors (Lipinski definition) is 3. The molecule has 1 rings (SSSR count). The maximum absolute atomic E-state index is 10.7. The lowest BCUT2D eigenvalue weighted by Crippen LogP contribution is -2.20. The van der Waals surface area contributed by atoms with Crippen LogP contribution in [0.1, 0.15) is 0 Å². The maximum Gasteiger partial charge on any atom is 0.294 e. The fourth-order valence-electron chi connectivity index (χ4n) is 1.03. The normalized spacial score (nSPS) is 13.4. The van der Waals surface area contributed by atoms with Crippen molar-refractivity contribution in [3.8, 4) is 0 Å². The summed E-state index contributed by atoms with van der Waals surface area (Å²) in [4.78, 5) is -0.170. The van der Waals surface area contributed by atoms with Crippen molar-refractivity contribution in [3.05, 3.63) is 24.3 Å². The fourth-order valence-corrected chi connectivity index (χ4v) is 1.62. The standard InChI is InChI=1S/C9H12ClNO4S/c10-5-8(12)6-11-7-1-3-9(4-2-7)16(13,14)15/h1-4,8,11-12H,5-6H2,(H,13,14,15). The van der Waals surface area contributed by atoms with E-state index in [2.05, 4.69) is 5.32 Å². The Labute approximate surface area is 98.8 Å². The number of rotatable bonds is 5. The largest absolute Gasteiger partial charge is 0.390 e. The SMILES string of the molecule is O=S(=O)(O)c1ccc(NCC(O)CCl)cc1. The smallest absolute Gasteiger partial charge is 0.294 e. The van der Waals surface area contributed by atoms with Gasteiger partial charge in [0.15, 0.2) is 0 Å². The molecule has 0 radical (unpaired) electrons. The molecule has 0 spiro atoms. The van der Waals surface area contributed by atoms with E-state index in [1.807, 2.05) is 0 Å². The summed E-state index contributed by atoms with van der Waals surface area (Å²) in [6, 6.07) is 5.52. The van der Waals surface area contributed by atoms with Gasteiger partial charge in [0.2, 0.25) is 0 Å². The van der Waals surface area contributed by atoms with Crippen LogP contribution in [0, 0.1) is 0 Å². The van der Waals surface area contributed by atoms with Gasteiger partial charge in [0.05, 0.1) is 16.9 Å². The molecule has 0 saturated heterocycles. The van der Waals surface area contributed by atoms with Crippen molar-refractivity contribution in [2.24, 2.45) is 0 Å². The third-order valence-electron chi connectivity index (χ3n) is 1.87. The zero-order chi connectivity index (χ0) is 12.2. The molecular weight excluding hydrogens is 254 g/mol. The van der Waals surface area contributed by atoms with Crippen LogP contribution >= 0.6 is 11.6 Å². The van der Waals surface area contributed by atoms with Crippen molar-refractivity contribution in [1.82, 2.24) is 0 Å². The Morgan fingerprint density at radius 2 is 1.88 bits per heavy atom. The van der Waals surface area contributed by atoms with Crippen molar-refractivity contribution in [1.29, 1.82) is 0 Å². The van der Waals surface area contributed by atoms with Gasteiger partial charge in [-0.15, -0.1) is 11.6 Å². The Morgan fingerprint density at radius 1 is 1.31 bits per heavy atom. The van der Waals surface area contributed by atoms with Crippen LogP contribution in [-0.4, -0.2) is 36.6 Å². The number of aliphatic hydroxyl groups is 1. The first-order valence-corrected chi connectivity index (χ1v) is 6.46. The average molecular weight is 266 g/mol. The van der Waals surface area contributed by atoms with E-state index in [4.69, 9.17) is 16.2 Å². The topological polar surface area (TPSA) is 86.6 Å². The molecule has 5 nitrogen and oxygen atoms in total. The summed E-state index contributed by atoms with van der Waals surface area (Å²) in [6.45, 7) is 0.273. The van der Waals surface area contributed by atoms with Crippen LogP contribution in [0.25, 0.3) is 0 Å². The molecule has 90 valence electrons. The number of nitrogens with one attached hydrogen (secondary N) is 1. The van der Waals surface area contributed by atoms with Gasteiger partial charge in [-0.2, -0.15) is 8.42 Å². The summed E-state index contributed by atoms with van der Waals surface area (Å²) >= 11 is 5.40. The van der Waals surface area contributed by atoms with Gasteiger partial charge in [-0.1, -0.05) is 0 Å². The van der Waals surface area contributed by atoms with Crippen molar-refractivity contribution in [2.45, 2.75) is 11.0 Å². The molecule has 0 aliphatic carbocycles. The summed E-state index contributed by atoms with van der Waals surface area (Å²) < 4.78 is 30.2. The van der Waals surface area contributed by atoms with E-state index >= 15 is 0 Å². The van der Waals surface area contributed by atoms with E-state index in [0.717, 1.165) is 0 Å². The Balaban J connectivity index is 2.66. The number of hydrogen-bond acceptors (Lipinski definition) is 4. The predicted molar refractivity (Wildman–Crippen MR) is 61.5 cm³/mol. The number of aliphatic hydroxyl groups excluding tert-OH is 1. The van der Waals surface area contributed by atoms with Crippen LogP contribution in [0.5, 0.6) is 0 Å². The molecule has 0 heterocycles. The average Bonchev–Trinajstić information content (AvgIpc) is 2.25. The molecule has 7 heteroatoms. The number of anilines is 1. The lowest BCUT2D eigenvalue weighted by atomic mass is 10.3. The Bertz CT molecular complexity index is 431. The fraction of sp³-hybridized carbons (Fsp3) is 0.333. The highest BCUT2D eigenvalue weighted by molar-refractivity contribution is 7.85. The highest BCUT2D eigenvalue weighted by atomic mass is 35.5. The first-order valence-electron chi connectivity index (χ1n) is 4.49. The molecule has 1 aromatic carbocycles. The maximum atomic E-state index is 10.7. The summed E-state index contributed by atoms with van der Waals surface area (Å²) in [5.41, 5.74) is 0.636. The van der Waals surface area contributed by atoms with Crippen molar-refractivity contribution in [2.75, 3.05) is 17.7 Å². The Hall–Kier alpha value is -0.820. The number of alkyl halides is 1. The van der Waals surface area contributed by atoms with Crippen LogP contribution in [0.4, 0.5) is 5.69 Å². The Kier molecular flexibility index (Phi) is 4.55. The molecular formula is C9H12ClNO4S. The molecule has 0 amide bonds. The molecule has 0 aliphatic heterocycles. The van der Waals surface area contributed by atoms with E-state index in [-0.39, 0.29) is 17.3 Å². The molecule has 0 bridgehead atoms. The van der Waals surface area contributed by atoms with Gasteiger partial charge >= 0.3 is 0 Å². The van der Waals surface area contributed by atoms with Crippen LogP contribution in [-0.2, 0) is 10.1 Å². The third-order valence-corrected chi connectivity index (χ3v) is 3.10. The molecule has 1 unspecified atom stereocenters. The lowest BCUT2D eigenvalue weighted by molar-refractivity contribution is 0.211. The van der Waals surface area contributed by atoms with Crippen molar-refractivity contribution in [3.63, 3.8) is 0 Å². The summed E-state index contributed by atoms with van der Waals surface area (Å²) in [5, 5.41) is 12.0. The van der Waals surface area contributed by atoms with Gasteiger partial charge in [0.1, 0.15) is 0 Å². The van der Waals surface area contributed by atoms with Crippen molar-refractivity contribution < 1.29 is 18.1 Å². The van der Waals surface area contributed by atoms with E-state index < -0.39 is 16.2 Å². The lowest BCUT2D eigenvalue weighted by Gasteiger charge is -2.09. The number of halogens is 1. The molecule has 0 aliphatic rings. The van der Waals surface area contributed by atoms with E-state index in [1.54, 1.807) is 0 Å². The van der Waals surface area contributed by atoms with Gasteiger partial charge in [-0.3, -0.25) is 4.55 Å². The second-order valence-electron chi connectivity index (χ2n) is 3.19. The van der Waals surface area contributed by atoms with Crippen LogP contribution in [0.15, 0.2) is 29.2 Å². The molecule has 3 N–H and O–H groups in total. The molecule has 1 atom stereocenters.